The highest BCUT2D eigenvalue weighted by Crippen LogP contribution is 2.60. The molecule has 0 spiro atoms. The molecule has 1 aromatic carbocycles. The number of benzene rings is 1. The molecule has 4 aliphatic carbocycles. The standard InChI is InChI=1S/C16H20S2/c17-18-15-3-1-14(2-4-15)16-8-11-5-12(9-16)7-13(6-11)10-16/h1-4,11-13,17H,5-10H2. The molecule has 4 fully saturated rings. The van der Waals surface area contributed by atoms with Crippen LogP contribution in [-0.4, -0.2) is 0 Å². The summed E-state index contributed by atoms with van der Waals surface area (Å²) in [5.74, 6) is 3.11. The van der Waals surface area contributed by atoms with Crippen LogP contribution in [0.4, 0.5) is 0 Å². The summed E-state index contributed by atoms with van der Waals surface area (Å²) in [5, 5.41) is 0. The van der Waals surface area contributed by atoms with Crippen LogP contribution in [0.15, 0.2) is 29.2 Å². The molecular formula is C16H20S2. The second-order valence-electron chi connectivity index (χ2n) is 6.81. The highest BCUT2D eigenvalue weighted by molar-refractivity contribution is 8.68. The highest BCUT2D eigenvalue weighted by Gasteiger charge is 2.51. The van der Waals surface area contributed by atoms with Gasteiger partial charge in [-0.25, -0.2) is 0 Å². The van der Waals surface area contributed by atoms with Crippen molar-refractivity contribution in [3.63, 3.8) is 0 Å². The number of thiol groups is 1. The van der Waals surface area contributed by atoms with Crippen LogP contribution >= 0.6 is 22.5 Å². The lowest BCUT2D eigenvalue weighted by molar-refractivity contribution is -0.00520. The van der Waals surface area contributed by atoms with Gasteiger partial charge in [0, 0.05) is 4.90 Å². The normalized spacial score (nSPS) is 41.3. The molecule has 2 heteroatoms. The lowest BCUT2D eigenvalue weighted by Gasteiger charge is -2.57. The fourth-order valence-corrected chi connectivity index (χ4v) is 5.96. The summed E-state index contributed by atoms with van der Waals surface area (Å²) < 4.78 is 0. The van der Waals surface area contributed by atoms with E-state index in [1.54, 1.807) is 16.4 Å². The molecule has 0 saturated heterocycles. The fraction of sp³-hybridized carbons (Fsp3) is 0.625. The Labute approximate surface area is 119 Å². The molecule has 4 saturated carbocycles. The zero-order valence-corrected chi connectivity index (χ0v) is 12.4. The average molecular weight is 276 g/mol. The van der Waals surface area contributed by atoms with Gasteiger partial charge >= 0.3 is 0 Å². The van der Waals surface area contributed by atoms with Crippen molar-refractivity contribution in [2.75, 3.05) is 0 Å². The average Bonchev–Trinajstić information content (AvgIpc) is 2.37. The van der Waals surface area contributed by atoms with E-state index in [1.165, 1.54) is 43.4 Å². The number of hydrogen-bond acceptors (Lipinski definition) is 2. The molecule has 0 amide bonds. The minimum atomic E-state index is 0.550. The Morgan fingerprint density at radius 3 is 1.83 bits per heavy atom. The maximum Gasteiger partial charge on any atom is 0.0180 e. The first-order valence-corrected chi connectivity index (χ1v) is 9.06. The molecule has 0 N–H and O–H groups in total. The summed E-state index contributed by atoms with van der Waals surface area (Å²) in [6, 6.07) is 9.27. The van der Waals surface area contributed by atoms with Gasteiger partial charge in [-0.05, 0) is 79.4 Å². The molecule has 0 radical (unpaired) electrons. The fourth-order valence-electron chi connectivity index (χ4n) is 5.33. The van der Waals surface area contributed by atoms with Crippen molar-refractivity contribution >= 4 is 22.5 Å². The first kappa shape index (κ1) is 11.7. The highest BCUT2D eigenvalue weighted by atomic mass is 33.1. The van der Waals surface area contributed by atoms with Crippen LogP contribution in [0.25, 0.3) is 0 Å². The Morgan fingerprint density at radius 2 is 1.39 bits per heavy atom. The Hall–Kier alpha value is -0.0800. The third-order valence-corrected chi connectivity index (χ3v) is 6.73. The van der Waals surface area contributed by atoms with E-state index in [0.29, 0.717) is 5.41 Å². The first-order chi connectivity index (χ1) is 8.77. The van der Waals surface area contributed by atoms with Crippen LogP contribution in [0.3, 0.4) is 0 Å². The Morgan fingerprint density at radius 1 is 0.889 bits per heavy atom. The molecule has 1 aromatic rings. The summed E-state index contributed by atoms with van der Waals surface area (Å²) in [7, 11) is 1.55. The summed E-state index contributed by atoms with van der Waals surface area (Å²) in [4.78, 5) is 1.27. The maximum atomic E-state index is 4.28. The molecule has 0 nitrogen and oxygen atoms in total. The van der Waals surface area contributed by atoms with E-state index >= 15 is 0 Å². The van der Waals surface area contributed by atoms with E-state index in [9.17, 15) is 0 Å². The predicted molar refractivity (Wildman–Crippen MR) is 81.1 cm³/mol. The van der Waals surface area contributed by atoms with Crippen molar-refractivity contribution in [2.24, 2.45) is 17.8 Å². The minimum Gasteiger partial charge on any atom is -0.106 e. The second-order valence-corrected chi connectivity index (χ2v) is 8.02. The van der Waals surface area contributed by atoms with E-state index in [0.717, 1.165) is 17.8 Å². The van der Waals surface area contributed by atoms with E-state index in [2.05, 4.69) is 35.9 Å². The topological polar surface area (TPSA) is 0 Å². The Bertz CT molecular complexity index is 413. The second kappa shape index (κ2) is 4.21. The SMILES string of the molecule is SSc1ccc(C23CC4CC(CC(C4)C2)C3)cc1. The summed E-state index contributed by atoms with van der Waals surface area (Å²) in [6.07, 6.45) is 8.99. The van der Waals surface area contributed by atoms with E-state index in [4.69, 9.17) is 0 Å². The molecule has 4 bridgehead atoms. The van der Waals surface area contributed by atoms with Crippen molar-refractivity contribution in [2.45, 2.75) is 48.8 Å². The third kappa shape index (κ3) is 1.76. The van der Waals surface area contributed by atoms with Gasteiger partial charge in [0.05, 0.1) is 0 Å². The van der Waals surface area contributed by atoms with Gasteiger partial charge in [-0.3, -0.25) is 0 Å². The van der Waals surface area contributed by atoms with Gasteiger partial charge in [-0.2, -0.15) is 0 Å². The zero-order chi connectivity index (χ0) is 12.2. The summed E-state index contributed by atoms with van der Waals surface area (Å²) in [5.41, 5.74) is 2.17. The smallest absolute Gasteiger partial charge is 0.0180 e. The van der Waals surface area contributed by atoms with E-state index in [-0.39, 0.29) is 0 Å². The predicted octanol–water partition coefficient (Wildman–Crippen LogP) is 5.09. The van der Waals surface area contributed by atoms with Gasteiger partial charge < -0.3 is 0 Å². The Kier molecular flexibility index (Phi) is 2.74. The van der Waals surface area contributed by atoms with Crippen LogP contribution in [0.1, 0.15) is 44.1 Å². The van der Waals surface area contributed by atoms with Crippen LogP contribution < -0.4 is 0 Å². The van der Waals surface area contributed by atoms with Crippen LogP contribution in [0.5, 0.6) is 0 Å². The van der Waals surface area contributed by atoms with Gasteiger partial charge in [-0.1, -0.05) is 22.9 Å². The van der Waals surface area contributed by atoms with E-state index < -0.39 is 0 Å². The van der Waals surface area contributed by atoms with Crippen molar-refractivity contribution in [1.29, 1.82) is 0 Å². The van der Waals surface area contributed by atoms with Gasteiger partial charge in [0.2, 0.25) is 0 Å². The lowest BCUT2D eigenvalue weighted by atomic mass is 9.48. The van der Waals surface area contributed by atoms with Crippen LogP contribution in [-0.2, 0) is 5.41 Å². The number of rotatable bonds is 2. The third-order valence-electron chi connectivity index (χ3n) is 5.61. The minimum absolute atomic E-state index is 0.550. The number of hydrogen-bond donors (Lipinski definition) is 1. The molecule has 0 unspecified atom stereocenters. The monoisotopic (exact) mass is 276 g/mol. The van der Waals surface area contributed by atoms with Crippen molar-refractivity contribution in [3.05, 3.63) is 29.8 Å². The maximum absolute atomic E-state index is 4.28. The zero-order valence-electron chi connectivity index (χ0n) is 10.6. The van der Waals surface area contributed by atoms with Gasteiger partial charge in [0.1, 0.15) is 0 Å². The lowest BCUT2D eigenvalue weighted by Crippen LogP contribution is -2.48. The molecule has 4 aliphatic rings. The molecule has 0 aliphatic heterocycles. The molecule has 5 rings (SSSR count). The molecule has 0 heterocycles. The van der Waals surface area contributed by atoms with Gasteiger partial charge in [0.25, 0.3) is 0 Å². The molecule has 18 heavy (non-hydrogen) atoms. The van der Waals surface area contributed by atoms with E-state index in [1.807, 2.05) is 0 Å². The Balaban J connectivity index is 1.70. The van der Waals surface area contributed by atoms with Crippen molar-refractivity contribution in [1.82, 2.24) is 0 Å². The van der Waals surface area contributed by atoms with Crippen molar-refractivity contribution < 1.29 is 0 Å². The van der Waals surface area contributed by atoms with Crippen molar-refractivity contribution in [3.8, 4) is 0 Å². The molecule has 96 valence electrons. The van der Waals surface area contributed by atoms with Gasteiger partial charge in [-0.15, -0.1) is 11.7 Å². The molecule has 0 atom stereocenters. The quantitative estimate of drug-likeness (QED) is 0.580. The van der Waals surface area contributed by atoms with Gasteiger partial charge in [0.15, 0.2) is 0 Å². The van der Waals surface area contributed by atoms with Crippen LogP contribution in [0, 0.1) is 17.8 Å². The van der Waals surface area contributed by atoms with Crippen LogP contribution in [0.2, 0.25) is 0 Å². The largest absolute Gasteiger partial charge is 0.106 e. The summed E-state index contributed by atoms with van der Waals surface area (Å²) >= 11 is 4.28. The molecule has 0 aromatic heterocycles. The first-order valence-electron chi connectivity index (χ1n) is 7.19. The summed E-state index contributed by atoms with van der Waals surface area (Å²) in [6.45, 7) is 0. The molecular weight excluding hydrogens is 256 g/mol.